The molecular formula is C12H25N3O. The summed E-state index contributed by atoms with van der Waals surface area (Å²) in [5, 5.41) is 2.99. The summed E-state index contributed by atoms with van der Waals surface area (Å²) < 4.78 is 0. The fourth-order valence-electron chi connectivity index (χ4n) is 2.15. The molecule has 16 heavy (non-hydrogen) atoms. The predicted octanol–water partition coefficient (Wildman–Crippen LogP) is 0.572. The van der Waals surface area contributed by atoms with Gasteiger partial charge in [-0.15, -0.1) is 0 Å². The Labute approximate surface area is 98.6 Å². The van der Waals surface area contributed by atoms with E-state index < -0.39 is 0 Å². The van der Waals surface area contributed by atoms with Crippen LogP contribution in [0.25, 0.3) is 0 Å². The Morgan fingerprint density at radius 3 is 3.00 bits per heavy atom. The fraction of sp³-hybridized carbons (Fsp3) is 0.917. The van der Waals surface area contributed by atoms with Gasteiger partial charge in [-0.25, -0.2) is 0 Å². The zero-order chi connectivity index (χ0) is 12.0. The summed E-state index contributed by atoms with van der Waals surface area (Å²) >= 11 is 0. The first-order chi connectivity index (χ1) is 7.61. The number of piperidine rings is 1. The van der Waals surface area contributed by atoms with Gasteiger partial charge in [0.05, 0.1) is 0 Å². The van der Waals surface area contributed by atoms with E-state index in [1.165, 1.54) is 19.4 Å². The van der Waals surface area contributed by atoms with E-state index in [0.29, 0.717) is 12.3 Å². The molecule has 0 bridgehead atoms. The highest BCUT2D eigenvalue weighted by atomic mass is 16.1. The van der Waals surface area contributed by atoms with Gasteiger partial charge in [-0.2, -0.15) is 0 Å². The molecule has 2 unspecified atom stereocenters. The van der Waals surface area contributed by atoms with Gasteiger partial charge in [0.25, 0.3) is 0 Å². The number of nitrogens with one attached hydrogen (secondary N) is 1. The molecule has 1 aliphatic heterocycles. The first-order valence-electron chi connectivity index (χ1n) is 6.32. The molecule has 0 aliphatic carbocycles. The van der Waals surface area contributed by atoms with Crippen molar-refractivity contribution in [1.29, 1.82) is 0 Å². The first-order valence-corrected chi connectivity index (χ1v) is 6.32. The number of likely N-dealkylation sites (tertiary alicyclic amines) is 1. The van der Waals surface area contributed by atoms with Gasteiger partial charge >= 0.3 is 0 Å². The number of nitrogens with two attached hydrogens (primary N) is 1. The number of hydrogen-bond acceptors (Lipinski definition) is 3. The molecule has 3 N–H and O–H groups in total. The number of nitrogens with zero attached hydrogens (tertiary/aromatic N) is 1. The van der Waals surface area contributed by atoms with Gasteiger partial charge in [-0.05, 0) is 38.8 Å². The highest BCUT2D eigenvalue weighted by Crippen LogP contribution is 2.13. The maximum absolute atomic E-state index is 11.5. The standard InChI is InChI=1S/C12H25N3O/c1-3-11(13)7-12(16)14-8-10-5-4-6-15(2)9-10/h10-11H,3-9,13H2,1-2H3,(H,14,16). The summed E-state index contributed by atoms with van der Waals surface area (Å²) in [5.74, 6) is 0.711. The van der Waals surface area contributed by atoms with E-state index in [1.54, 1.807) is 0 Å². The smallest absolute Gasteiger partial charge is 0.221 e. The highest BCUT2D eigenvalue weighted by Gasteiger charge is 2.17. The maximum atomic E-state index is 11.5. The fourth-order valence-corrected chi connectivity index (χ4v) is 2.15. The molecule has 0 saturated carbocycles. The molecule has 1 aliphatic rings. The largest absolute Gasteiger partial charge is 0.356 e. The summed E-state index contributed by atoms with van der Waals surface area (Å²) in [4.78, 5) is 13.9. The quantitative estimate of drug-likeness (QED) is 0.722. The minimum Gasteiger partial charge on any atom is -0.356 e. The van der Waals surface area contributed by atoms with Crippen LogP contribution in [0.1, 0.15) is 32.6 Å². The molecule has 2 atom stereocenters. The van der Waals surface area contributed by atoms with E-state index in [9.17, 15) is 4.79 Å². The number of hydrogen-bond donors (Lipinski definition) is 2. The van der Waals surface area contributed by atoms with Gasteiger partial charge in [0.2, 0.25) is 5.91 Å². The van der Waals surface area contributed by atoms with Crippen LogP contribution in [0.15, 0.2) is 0 Å². The van der Waals surface area contributed by atoms with Crippen molar-refractivity contribution in [1.82, 2.24) is 10.2 Å². The second-order valence-corrected chi connectivity index (χ2v) is 4.95. The molecule has 0 aromatic rings. The average Bonchev–Trinajstić information content (AvgIpc) is 2.26. The average molecular weight is 227 g/mol. The number of rotatable bonds is 5. The van der Waals surface area contributed by atoms with Crippen molar-refractivity contribution in [3.63, 3.8) is 0 Å². The van der Waals surface area contributed by atoms with E-state index in [0.717, 1.165) is 19.5 Å². The van der Waals surface area contributed by atoms with Gasteiger partial charge in [0.1, 0.15) is 0 Å². The minimum absolute atomic E-state index is 0.00836. The second-order valence-electron chi connectivity index (χ2n) is 4.95. The van der Waals surface area contributed by atoms with Crippen LogP contribution in [0, 0.1) is 5.92 Å². The van der Waals surface area contributed by atoms with Crippen molar-refractivity contribution in [3.8, 4) is 0 Å². The molecule has 1 heterocycles. The number of carbonyl (C=O) groups is 1. The molecule has 0 aromatic carbocycles. The van der Waals surface area contributed by atoms with Gasteiger partial charge in [0.15, 0.2) is 0 Å². The zero-order valence-electron chi connectivity index (χ0n) is 10.5. The Kier molecular flexibility index (Phi) is 5.77. The molecule has 94 valence electrons. The monoisotopic (exact) mass is 227 g/mol. The summed E-state index contributed by atoms with van der Waals surface area (Å²) in [5.41, 5.74) is 5.74. The van der Waals surface area contributed by atoms with Crippen LogP contribution in [-0.4, -0.2) is 43.5 Å². The number of carbonyl (C=O) groups excluding carboxylic acids is 1. The minimum atomic E-state index is 0.00836. The Balaban J connectivity index is 2.15. The lowest BCUT2D eigenvalue weighted by Gasteiger charge is -2.29. The van der Waals surface area contributed by atoms with E-state index in [2.05, 4.69) is 17.3 Å². The summed E-state index contributed by atoms with van der Waals surface area (Å²) in [7, 11) is 2.14. The highest BCUT2D eigenvalue weighted by molar-refractivity contribution is 5.76. The molecule has 1 amide bonds. The summed E-state index contributed by atoms with van der Waals surface area (Å²) in [6.45, 7) is 5.10. The van der Waals surface area contributed by atoms with Gasteiger partial charge < -0.3 is 16.0 Å². The Hall–Kier alpha value is -0.610. The molecule has 4 nitrogen and oxygen atoms in total. The third-order valence-electron chi connectivity index (χ3n) is 3.28. The predicted molar refractivity (Wildman–Crippen MR) is 66.1 cm³/mol. The van der Waals surface area contributed by atoms with Gasteiger partial charge in [-0.3, -0.25) is 4.79 Å². The van der Waals surface area contributed by atoms with Gasteiger partial charge in [-0.1, -0.05) is 6.92 Å². The van der Waals surface area contributed by atoms with Crippen LogP contribution in [-0.2, 0) is 4.79 Å². The van der Waals surface area contributed by atoms with Crippen LogP contribution in [0.4, 0.5) is 0 Å². The lowest BCUT2D eigenvalue weighted by atomic mass is 9.98. The molecular weight excluding hydrogens is 202 g/mol. The van der Waals surface area contributed by atoms with E-state index in [4.69, 9.17) is 5.73 Å². The summed E-state index contributed by atoms with van der Waals surface area (Å²) in [6, 6.07) is 0.00836. The molecule has 1 saturated heterocycles. The van der Waals surface area contributed by atoms with Crippen molar-refractivity contribution in [2.24, 2.45) is 11.7 Å². The van der Waals surface area contributed by atoms with Crippen LogP contribution in [0.5, 0.6) is 0 Å². The number of amides is 1. The third-order valence-corrected chi connectivity index (χ3v) is 3.28. The van der Waals surface area contributed by atoms with Crippen LogP contribution in [0.2, 0.25) is 0 Å². The molecule has 1 fully saturated rings. The Morgan fingerprint density at radius 1 is 1.62 bits per heavy atom. The molecule has 0 aromatic heterocycles. The van der Waals surface area contributed by atoms with Crippen molar-refractivity contribution in [2.75, 3.05) is 26.7 Å². The van der Waals surface area contributed by atoms with Crippen LogP contribution < -0.4 is 11.1 Å². The third kappa shape index (κ3) is 4.94. The van der Waals surface area contributed by atoms with E-state index in [1.807, 2.05) is 6.92 Å². The maximum Gasteiger partial charge on any atom is 0.221 e. The SMILES string of the molecule is CCC(N)CC(=O)NCC1CCCN(C)C1. The molecule has 4 heteroatoms. The Morgan fingerprint density at radius 2 is 2.38 bits per heavy atom. The lowest BCUT2D eigenvalue weighted by molar-refractivity contribution is -0.121. The molecule has 1 rings (SSSR count). The second kappa shape index (κ2) is 6.86. The summed E-state index contributed by atoms with van der Waals surface area (Å²) in [6.07, 6.45) is 3.79. The first kappa shape index (κ1) is 13.5. The van der Waals surface area contributed by atoms with Gasteiger partial charge in [0, 0.05) is 25.6 Å². The van der Waals surface area contributed by atoms with Crippen molar-refractivity contribution in [3.05, 3.63) is 0 Å². The molecule has 0 spiro atoms. The van der Waals surface area contributed by atoms with E-state index >= 15 is 0 Å². The Bertz CT molecular complexity index is 220. The van der Waals surface area contributed by atoms with E-state index in [-0.39, 0.29) is 11.9 Å². The van der Waals surface area contributed by atoms with Crippen LogP contribution in [0.3, 0.4) is 0 Å². The lowest BCUT2D eigenvalue weighted by Crippen LogP contribution is -2.40. The molecule has 0 radical (unpaired) electrons. The zero-order valence-corrected chi connectivity index (χ0v) is 10.5. The van der Waals surface area contributed by atoms with Crippen LogP contribution >= 0.6 is 0 Å². The van der Waals surface area contributed by atoms with Crippen molar-refractivity contribution < 1.29 is 4.79 Å². The normalized spacial score (nSPS) is 24.1. The van der Waals surface area contributed by atoms with Crippen molar-refractivity contribution in [2.45, 2.75) is 38.6 Å². The van der Waals surface area contributed by atoms with Crippen molar-refractivity contribution >= 4 is 5.91 Å². The topological polar surface area (TPSA) is 58.4 Å².